The number of nitrogens with one attached hydrogen (secondary N) is 6. The summed E-state index contributed by atoms with van der Waals surface area (Å²) in [5.41, 5.74) is 13.7. The van der Waals surface area contributed by atoms with E-state index >= 15 is 0 Å². The maximum Gasteiger partial charge on any atom is 0.408 e. The Kier molecular flexibility index (Phi) is 18.0. The standard InChI is InChI=1S/C45H58N8O9/c1-45(2,3)62-44(61)51-36(25-31-27-48-35-16-9-8-15-34(31)35)42(59)50-32(14-10-11-23-47-39(55)22-19-29-17-20-33(54)21-18-29)28-49-52-37(26-40(56)57)43(60)53(4)38(41(46)58)24-30-12-6-5-7-13-30/h5-9,12-13,15-22,27,32,36-38,48-49,52,54H,10-11,14,23-26,28H2,1-4H3,(H2,46,58)(H,47,55)(H,50,59)(H,51,61)(H,56,57)/b22-19-/t32-,36-,37-,38-/m0/s1. The summed E-state index contributed by atoms with van der Waals surface area (Å²) in [6.45, 7) is 5.45. The van der Waals surface area contributed by atoms with Gasteiger partial charge in [-0.3, -0.25) is 29.4 Å². The lowest BCUT2D eigenvalue weighted by Gasteiger charge is -2.30. The lowest BCUT2D eigenvalue weighted by atomic mass is 10.0. The van der Waals surface area contributed by atoms with Gasteiger partial charge in [-0.15, -0.1) is 0 Å². The highest BCUT2D eigenvalue weighted by Crippen LogP contribution is 2.20. The fourth-order valence-electron chi connectivity index (χ4n) is 6.60. The lowest BCUT2D eigenvalue weighted by Crippen LogP contribution is -2.58. The van der Waals surface area contributed by atoms with Crippen LogP contribution < -0.4 is 32.5 Å². The maximum absolute atomic E-state index is 14.1. The highest BCUT2D eigenvalue weighted by atomic mass is 16.6. The second-order valence-electron chi connectivity index (χ2n) is 15.9. The van der Waals surface area contributed by atoms with Crippen LogP contribution in [0.3, 0.4) is 0 Å². The Hall–Kier alpha value is -6.72. The van der Waals surface area contributed by atoms with Crippen LogP contribution in [0.25, 0.3) is 17.0 Å². The number of aromatic nitrogens is 1. The number of amides is 5. The molecule has 1 aromatic heterocycles. The predicted molar refractivity (Wildman–Crippen MR) is 234 cm³/mol. The molecule has 0 spiro atoms. The van der Waals surface area contributed by atoms with Crippen molar-refractivity contribution >= 4 is 52.7 Å². The van der Waals surface area contributed by atoms with Gasteiger partial charge in [0.25, 0.3) is 0 Å². The third-order valence-corrected chi connectivity index (χ3v) is 9.77. The van der Waals surface area contributed by atoms with Gasteiger partial charge < -0.3 is 46.5 Å². The van der Waals surface area contributed by atoms with Gasteiger partial charge in [-0.25, -0.2) is 10.2 Å². The first-order chi connectivity index (χ1) is 29.5. The average Bonchev–Trinajstić information content (AvgIpc) is 3.63. The van der Waals surface area contributed by atoms with Crippen LogP contribution in [-0.4, -0.2) is 106 Å². The first kappa shape index (κ1) is 48.0. The monoisotopic (exact) mass is 854 g/mol. The van der Waals surface area contributed by atoms with E-state index in [2.05, 4.69) is 31.8 Å². The molecule has 0 aliphatic carbocycles. The van der Waals surface area contributed by atoms with E-state index in [1.807, 2.05) is 30.3 Å². The van der Waals surface area contributed by atoms with Gasteiger partial charge in [0.05, 0.1) is 6.42 Å². The zero-order valence-corrected chi connectivity index (χ0v) is 35.5. The number of fused-ring (bicyclic) bond motifs is 1. The van der Waals surface area contributed by atoms with E-state index in [0.717, 1.165) is 32.5 Å². The number of aromatic amines is 1. The Morgan fingerprint density at radius 3 is 2.26 bits per heavy atom. The summed E-state index contributed by atoms with van der Waals surface area (Å²) in [6, 6.07) is 18.8. The first-order valence-corrected chi connectivity index (χ1v) is 20.4. The minimum Gasteiger partial charge on any atom is -0.508 e. The molecule has 62 heavy (non-hydrogen) atoms. The van der Waals surface area contributed by atoms with Crippen molar-refractivity contribution in [1.82, 2.24) is 36.7 Å². The molecule has 3 aromatic carbocycles. The van der Waals surface area contributed by atoms with Gasteiger partial charge >= 0.3 is 12.1 Å². The molecule has 0 aliphatic rings. The number of carboxylic acids is 1. The average molecular weight is 855 g/mol. The third-order valence-electron chi connectivity index (χ3n) is 9.77. The number of hydrogen-bond donors (Lipinski definition) is 9. The summed E-state index contributed by atoms with van der Waals surface area (Å²) in [7, 11) is 1.38. The molecule has 1 heterocycles. The van der Waals surface area contributed by atoms with Gasteiger partial charge in [-0.05, 0) is 81.0 Å². The van der Waals surface area contributed by atoms with E-state index in [4.69, 9.17) is 10.5 Å². The number of unbranched alkanes of at least 4 members (excludes halogenated alkanes) is 1. The molecule has 10 N–H and O–H groups in total. The molecular formula is C45H58N8O9. The SMILES string of the molecule is CN(C(=O)[C@H](CC(=O)O)NNC[C@H](CCCCNC(=O)/C=C\c1ccc(O)cc1)NC(=O)[C@H](Cc1c[nH]c2ccccc12)NC(=O)OC(C)(C)C)[C@@H](Cc1ccccc1)C(N)=O. The number of aliphatic carboxylic acids is 1. The van der Waals surface area contributed by atoms with Crippen molar-refractivity contribution in [2.75, 3.05) is 20.1 Å². The van der Waals surface area contributed by atoms with E-state index in [9.17, 15) is 39.0 Å². The summed E-state index contributed by atoms with van der Waals surface area (Å²) >= 11 is 0. The van der Waals surface area contributed by atoms with E-state index in [0.29, 0.717) is 25.8 Å². The van der Waals surface area contributed by atoms with Gasteiger partial charge in [0, 0.05) is 62.2 Å². The number of benzene rings is 3. The van der Waals surface area contributed by atoms with Crippen LogP contribution in [0, 0.1) is 0 Å². The topological polar surface area (TPSA) is 257 Å². The number of likely N-dealkylation sites (N-methyl/N-ethyl adjacent to an activating group) is 1. The minimum absolute atomic E-state index is 0.00388. The number of phenols is 1. The molecule has 0 fully saturated rings. The Labute approximate surface area is 360 Å². The van der Waals surface area contributed by atoms with Crippen LogP contribution in [0.2, 0.25) is 0 Å². The second kappa shape index (κ2) is 23.3. The van der Waals surface area contributed by atoms with Crippen molar-refractivity contribution < 1.29 is 43.7 Å². The molecule has 0 saturated carbocycles. The number of ether oxygens (including phenoxy) is 1. The fraction of sp³-hybridized carbons (Fsp3) is 0.378. The quantitative estimate of drug-likeness (QED) is 0.0297. The summed E-state index contributed by atoms with van der Waals surface area (Å²) < 4.78 is 5.50. The zero-order chi connectivity index (χ0) is 45.2. The molecule has 4 rings (SSSR count). The number of nitrogens with zero attached hydrogens (tertiary/aromatic N) is 1. The number of para-hydroxylation sites is 1. The van der Waals surface area contributed by atoms with Crippen LogP contribution in [0.4, 0.5) is 4.79 Å². The first-order valence-electron chi connectivity index (χ1n) is 20.4. The molecule has 17 heteroatoms. The molecule has 0 saturated heterocycles. The summed E-state index contributed by atoms with van der Waals surface area (Å²) in [4.78, 5) is 82.1. The summed E-state index contributed by atoms with van der Waals surface area (Å²) in [6.07, 6.45) is 4.98. The second-order valence-corrected chi connectivity index (χ2v) is 15.9. The van der Waals surface area contributed by atoms with Gasteiger partial charge in [-0.2, -0.15) is 0 Å². The molecule has 0 bridgehead atoms. The van der Waals surface area contributed by atoms with E-state index in [1.165, 1.54) is 25.3 Å². The lowest BCUT2D eigenvalue weighted by molar-refractivity contribution is -0.144. The Balaban J connectivity index is 1.48. The number of carbonyl (C=O) groups is 6. The fourth-order valence-corrected chi connectivity index (χ4v) is 6.60. The van der Waals surface area contributed by atoms with Gasteiger partial charge in [0.15, 0.2) is 0 Å². The number of H-pyrrole nitrogens is 1. The number of rotatable bonds is 23. The van der Waals surface area contributed by atoms with E-state index in [1.54, 1.807) is 69.4 Å². The molecule has 5 amide bonds. The highest BCUT2D eigenvalue weighted by Gasteiger charge is 2.32. The van der Waals surface area contributed by atoms with Crippen molar-refractivity contribution in [3.63, 3.8) is 0 Å². The Bertz CT molecular complexity index is 2150. The van der Waals surface area contributed by atoms with Crippen LogP contribution in [0.5, 0.6) is 5.75 Å². The number of nitrogens with two attached hydrogens (primary N) is 1. The number of hydrogen-bond acceptors (Lipinski definition) is 10. The number of phenolic OH excluding ortho intramolecular Hbond substituents is 1. The molecule has 332 valence electrons. The van der Waals surface area contributed by atoms with E-state index < -0.39 is 66.0 Å². The van der Waals surface area contributed by atoms with Gasteiger partial charge in [0.2, 0.25) is 23.6 Å². The largest absolute Gasteiger partial charge is 0.508 e. The van der Waals surface area contributed by atoms with Gasteiger partial charge in [-0.1, -0.05) is 60.7 Å². The van der Waals surface area contributed by atoms with Crippen LogP contribution in [0.15, 0.2) is 91.1 Å². The smallest absolute Gasteiger partial charge is 0.408 e. The van der Waals surface area contributed by atoms with Crippen molar-refractivity contribution in [3.8, 4) is 5.75 Å². The number of carbonyl (C=O) groups excluding carboxylic acids is 5. The number of aromatic hydroxyl groups is 1. The number of primary amides is 1. The van der Waals surface area contributed by atoms with Crippen molar-refractivity contribution in [2.45, 2.75) is 89.1 Å². The number of hydrazine groups is 1. The van der Waals surface area contributed by atoms with Crippen LogP contribution >= 0.6 is 0 Å². The van der Waals surface area contributed by atoms with Crippen LogP contribution in [0.1, 0.15) is 63.1 Å². The molecule has 17 nitrogen and oxygen atoms in total. The molecular weight excluding hydrogens is 797 g/mol. The predicted octanol–water partition coefficient (Wildman–Crippen LogP) is 3.29. The summed E-state index contributed by atoms with van der Waals surface area (Å²) in [5, 5.41) is 28.6. The van der Waals surface area contributed by atoms with Crippen molar-refractivity contribution in [3.05, 3.63) is 108 Å². The van der Waals surface area contributed by atoms with Crippen molar-refractivity contribution in [2.24, 2.45) is 5.73 Å². The molecule has 0 unspecified atom stereocenters. The van der Waals surface area contributed by atoms with Gasteiger partial charge in [0.1, 0.15) is 29.5 Å². The summed E-state index contributed by atoms with van der Waals surface area (Å²) in [5.74, 6) is -3.46. The van der Waals surface area contributed by atoms with E-state index in [-0.39, 0.29) is 31.0 Å². The Morgan fingerprint density at radius 2 is 1.58 bits per heavy atom. The molecule has 0 radical (unpaired) electrons. The van der Waals surface area contributed by atoms with Crippen molar-refractivity contribution in [1.29, 1.82) is 0 Å². The van der Waals surface area contributed by atoms with Crippen LogP contribution in [-0.2, 0) is 41.6 Å². The normalized spacial score (nSPS) is 13.4. The number of carboxylic acid groups (broad SMARTS) is 1. The zero-order valence-electron chi connectivity index (χ0n) is 35.5. The maximum atomic E-state index is 14.1. The highest BCUT2D eigenvalue weighted by molar-refractivity contribution is 5.92. The molecule has 4 atom stereocenters. The number of alkyl carbamates (subject to hydrolysis) is 1. The molecule has 4 aromatic rings. The minimum atomic E-state index is -1.33. The Morgan fingerprint density at radius 1 is 0.887 bits per heavy atom. The third kappa shape index (κ3) is 16.0. The molecule has 0 aliphatic heterocycles.